The largest absolute Gasteiger partial charge is 0.390 e. The first-order valence-electron chi connectivity index (χ1n) is 11.8. The molecule has 0 aliphatic heterocycles. The van der Waals surface area contributed by atoms with E-state index >= 15 is 0 Å². The van der Waals surface area contributed by atoms with Gasteiger partial charge in [-0.15, -0.1) is 0 Å². The Labute approximate surface area is 183 Å². The summed E-state index contributed by atoms with van der Waals surface area (Å²) in [4.78, 5) is 0. The summed E-state index contributed by atoms with van der Waals surface area (Å²) in [6.07, 6.45) is 13.3. The smallest absolute Gasteiger partial charge is 0.0809 e. The molecule has 3 heteroatoms. The van der Waals surface area contributed by atoms with Crippen LogP contribution >= 0.6 is 0 Å². The van der Waals surface area contributed by atoms with Gasteiger partial charge >= 0.3 is 0 Å². The first-order chi connectivity index (χ1) is 14.0. The maximum atomic E-state index is 10.1. The van der Waals surface area contributed by atoms with E-state index in [0.29, 0.717) is 30.3 Å². The van der Waals surface area contributed by atoms with E-state index in [0.717, 1.165) is 31.3 Å². The van der Waals surface area contributed by atoms with Gasteiger partial charge in [0.25, 0.3) is 0 Å². The molecular weight excluding hydrogens is 372 g/mol. The third kappa shape index (κ3) is 5.18. The van der Waals surface area contributed by atoms with Gasteiger partial charge in [0.2, 0.25) is 0 Å². The minimum Gasteiger partial charge on any atom is -0.390 e. The lowest BCUT2D eigenvalue weighted by Gasteiger charge is -2.43. The zero-order valence-corrected chi connectivity index (χ0v) is 19.3. The Kier molecular flexibility index (Phi) is 7.16. The summed E-state index contributed by atoms with van der Waals surface area (Å²) in [5.74, 6) is 1.18. The van der Waals surface area contributed by atoms with Gasteiger partial charge in [-0.2, -0.15) is 0 Å². The topological polar surface area (TPSA) is 60.7 Å². The SMILES string of the molecule is C=C(CCCC(C)(C)O)C1CC[C@H]2/C(=C/C=C3CC(O)C(=C)[C@H](O)C3)CCCC12C. The van der Waals surface area contributed by atoms with E-state index in [2.05, 4.69) is 32.2 Å². The van der Waals surface area contributed by atoms with Gasteiger partial charge in [0, 0.05) is 0 Å². The summed E-state index contributed by atoms with van der Waals surface area (Å²) >= 11 is 0. The standard InChI is InChI=1S/C27H42O3/c1-18(8-6-14-26(3,4)30)22-12-13-23-21(9-7-15-27(22,23)5)11-10-20-16-24(28)19(2)25(29)17-20/h10-11,22-25,28-30H,1-2,6-9,12-17H2,3-5H3/b20-10?,21-11+/t22?,23-,24+,25?,27?/m0/s1. The monoisotopic (exact) mass is 414 g/mol. The van der Waals surface area contributed by atoms with Crippen LogP contribution < -0.4 is 0 Å². The lowest BCUT2D eigenvalue weighted by molar-refractivity contribution is 0.0683. The minimum absolute atomic E-state index is 0.286. The molecule has 0 aromatic carbocycles. The van der Waals surface area contributed by atoms with Gasteiger partial charge in [0.1, 0.15) is 0 Å². The van der Waals surface area contributed by atoms with Gasteiger partial charge in [-0.3, -0.25) is 0 Å². The van der Waals surface area contributed by atoms with E-state index in [1.165, 1.54) is 36.8 Å². The lowest BCUT2D eigenvalue weighted by atomic mass is 9.62. The molecule has 3 aliphatic carbocycles. The van der Waals surface area contributed by atoms with Gasteiger partial charge in [-0.25, -0.2) is 0 Å². The Morgan fingerprint density at radius 1 is 1.17 bits per heavy atom. The van der Waals surface area contributed by atoms with Crippen LogP contribution in [0.3, 0.4) is 0 Å². The second-order valence-electron chi connectivity index (χ2n) is 10.9. The third-order valence-corrected chi connectivity index (χ3v) is 8.04. The van der Waals surface area contributed by atoms with Gasteiger partial charge in [0.05, 0.1) is 17.8 Å². The molecule has 3 N–H and O–H groups in total. The molecular formula is C27H42O3. The normalized spacial score (nSPS) is 37.6. The summed E-state index contributed by atoms with van der Waals surface area (Å²) in [7, 11) is 0. The van der Waals surface area contributed by atoms with E-state index in [-0.39, 0.29) is 5.41 Å². The molecule has 0 amide bonds. The van der Waals surface area contributed by atoms with Crippen molar-refractivity contribution in [2.75, 3.05) is 0 Å². The van der Waals surface area contributed by atoms with Crippen molar-refractivity contribution in [3.8, 4) is 0 Å². The van der Waals surface area contributed by atoms with E-state index in [1.54, 1.807) is 0 Å². The van der Waals surface area contributed by atoms with Crippen LogP contribution in [0.5, 0.6) is 0 Å². The Morgan fingerprint density at radius 3 is 2.47 bits per heavy atom. The van der Waals surface area contributed by atoms with Gasteiger partial charge in [0.15, 0.2) is 0 Å². The molecule has 168 valence electrons. The molecule has 0 bridgehead atoms. The fourth-order valence-electron chi connectivity index (χ4n) is 6.26. The minimum atomic E-state index is -0.627. The van der Waals surface area contributed by atoms with Crippen molar-refractivity contribution in [1.29, 1.82) is 0 Å². The number of hydrogen-bond donors (Lipinski definition) is 3. The van der Waals surface area contributed by atoms with Crippen molar-refractivity contribution in [2.45, 2.75) is 103 Å². The maximum Gasteiger partial charge on any atom is 0.0809 e. The Hall–Kier alpha value is -1.16. The van der Waals surface area contributed by atoms with Crippen LogP contribution in [0, 0.1) is 17.3 Å². The van der Waals surface area contributed by atoms with Gasteiger partial charge in [-0.05, 0) is 101 Å². The highest BCUT2D eigenvalue weighted by atomic mass is 16.3. The second kappa shape index (κ2) is 9.14. The lowest BCUT2D eigenvalue weighted by Crippen LogP contribution is -2.34. The highest BCUT2D eigenvalue weighted by Crippen LogP contribution is 2.59. The average Bonchev–Trinajstić information content (AvgIpc) is 3.00. The van der Waals surface area contributed by atoms with E-state index < -0.39 is 17.8 Å². The van der Waals surface area contributed by atoms with Crippen LogP contribution in [-0.2, 0) is 0 Å². The molecule has 3 aliphatic rings. The summed E-state index contributed by atoms with van der Waals surface area (Å²) < 4.78 is 0. The zero-order chi connectivity index (χ0) is 22.1. The molecule has 0 heterocycles. The molecule has 3 fully saturated rings. The van der Waals surface area contributed by atoms with Crippen molar-refractivity contribution < 1.29 is 15.3 Å². The van der Waals surface area contributed by atoms with Crippen LogP contribution in [0.25, 0.3) is 0 Å². The van der Waals surface area contributed by atoms with Crippen LogP contribution in [-0.4, -0.2) is 33.1 Å². The molecule has 3 unspecified atom stereocenters. The molecule has 0 aromatic heterocycles. The number of allylic oxidation sites excluding steroid dienone is 4. The highest BCUT2D eigenvalue weighted by Gasteiger charge is 2.49. The summed E-state index contributed by atoms with van der Waals surface area (Å²) in [5, 5.41) is 30.2. The van der Waals surface area contributed by atoms with Crippen molar-refractivity contribution in [2.24, 2.45) is 17.3 Å². The molecule has 0 radical (unpaired) electrons. The molecule has 0 spiro atoms. The Balaban J connectivity index is 1.68. The number of fused-ring (bicyclic) bond motifs is 1. The highest BCUT2D eigenvalue weighted by molar-refractivity contribution is 5.30. The van der Waals surface area contributed by atoms with E-state index in [9.17, 15) is 15.3 Å². The van der Waals surface area contributed by atoms with E-state index in [4.69, 9.17) is 0 Å². The predicted octanol–water partition coefficient (Wildman–Crippen LogP) is 5.62. The van der Waals surface area contributed by atoms with Crippen LogP contribution in [0.1, 0.15) is 85.0 Å². The predicted molar refractivity (Wildman–Crippen MR) is 124 cm³/mol. The number of rotatable bonds is 6. The van der Waals surface area contributed by atoms with Crippen molar-refractivity contribution >= 4 is 0 Å². The maximum absolute atomic E-state index is 10.1. The molecule has 3 nitrogen and oxygen atoms in total. The molecule has 5 atom stereocenters. The zero-order valence-electron chi connectivity index (χ0n) is 19.3. The summed E-state index contributed by atoms with van der Waals surface area (Å²) in [6, 6.07) is 0. The number of aliphatic hydroxyl groups excluding tert-OH is 2. The van der Waals surface area contributed by atoms with Gasteiger partial charge in [-0.1, -0.05) is 49.0 Å². The Morgan fingerprint density at radius 2 is 1.83 bits per heavy atom. The fraction of sp³-hybridized carbons (Fsp3) is 0.704. The van der Waals surface area contributed by atoms with Crippen molar-refractivity contribution in [3.05, 3.63) is 47.6 Å². The molecule has 0 aromatic rings. The Bertz CT molecular complexity index is 707. The third-order valence-electron chi connectivity index (χ3n) is 8.04. The van der Waals surface area contributed by atoms with Crippen LogP contribution in [0.2, 0.25) is 0 Å². The summed E-state index contributed by atoms with van der Waals surface area (Å²) in [6.45, 7) is 14.5. The second-order valence-corrected chi connectivity index (χ2v) is 10.9. The number of aliphatic hydroxyl groups is 3. The summed E-state index contributed by atoms with van der Waals surface area (Å²) in [5.41, 5.74) is 4.27. The first kappa shape index (κ1) is 23.5. The molecule has 3 saturated carbocycles. The molecule has 3 rings (SSSR count). The fourth-order valence-corrected chi connectivity index (χ4v) is 6.26. The van der Waals surface area contributed by atoms with Crippen molar-refractivity contribution in [1.82, 2.24) is 0 Å². The average molecular weight is 415 g/mol. The molecule has 30 heavy (non-hydrogen) atoms. The van der Waals surface area contributed by atoms with E-state index in [1.807, 2.05) is 13.8 Å². The van der Waals surface area contributed by atoms with Crippen molar-refractivity contribution in [3.63, 3.8) is 0 Å². The van der Waals surface area contributed by atoms with Crippen LogP contribution in [0.15, 0.2) is 47.6 Å². The molecule has 0 saturated heterocycles. The first-order valence-corrected chi connectivity index (χ1v) is 11.8. The van der Waals surface area contributed by atoms with Crippen LogP contribution in [0.4, 0.5) is 0 Å². The number of hydrogen-bond acceptors (Lipinski definition) is 3. The van der Waals surface area contributed by atoms with Gasteiger partial charge < -0.3 is 15.3 Å². The quantitative estimate of drug-likeness (QED) is 0.494.